The third kappa shape index (κ3) is 33.9. The molecule has 0 bridgehead atoms. The molecular weight excluding hydrogens is 1460 g/mol. The number of likely N-dealkylation sites (tertiary alicyclic amines) is 3. The number of amides is 3. The Morgan fingerprint density at radius 1 is 0.330 bits per heavy atom. The Bertz CT molecular complexity index is 4070. The fourth-order valence-electron chi connectivity index (χ4n) is 10.5. The fraction of sp³-hybridized carbons (Fsp3) is 0.513. The number of carbonyl (C=O) groups excluding carboxylic acids is 7. The zero-order chi connectivity index (χ0) is 78.8. The second kappa shape index (κ2) is 53.8. The molecule has 0 N–H and O–H groups in total. The van der Waals surface area contributed by atoms with Crippen molar-refractivity contribution in [1.82, 2.24) is 54.5 Å². The Labute approximate surface area is 653 Å². The molecule has 3 aliphatic heterocycles. The molecule has 3 amide bonds. The average Bonchev–Trinajstić information content (AvgIpc) is 1.71. The van der Waals surface area contributed by atoms with E-state index in [1.165, 1.54) is 19.4 Å². The van der Waals surface area contributed by atoms with Crippen molar-refractivity contribution < 1.29 is 81.3 Å². The second-order valence-corrected chi connectivity index (χ2v) is 25.5. The summed E-state index contributed by atoms with van der Waals surface area (Å²) in [6, 6.07) is 30.3. The molecule has 28 nitrogen and oxygen atoms in total. The number of benzene rings is 4. The highest BCUT2D eigenvalue weighted by Gasteiger charge is 2.25. The van der Waals surface area contributed by atoms with E-state index in [0.717, 1.165) is 162 Å². The van der Waals surface area contributed by atoms with E-state index in [1.807, 2.05) is 146 Å². The number of thiocarbonyl (C=S) groups is 3. The van der Waals surface area contributed by atoms with Gasteiger partial charge in [0.05, 0.1) is 72.2 Å². The van der Waals surface area contributed by atoms with Crippen LogP contribution in [0.2, 0.25) is 0 Å². The lowest BCUT2D eigenvalue weighted by atomic mass is 10.2. The molecule has 0 aliphatic carbocycles. The molecule has 8 aromatic rings. The van der Waals surface area contributed by atoms with E-state index in [1.54, 1.807) is 39.5 Å². The van der Waals surface area contributed by atoms with E-state index >= 15 is 0 Å². The fourth-order valence-corrected chi connectivity index (χ4v) is 11.5. The third-order valence-electron chi connectivity index (χ3n) is 16.1. The van der Waals surface area contributed by atoms with Crippen LogP contribution in [0, 0.1) is 0 Å². The maximum Gasteiger partial charge on any atom is 0.337 e. The van der Waals surface area contributed by atoms with Gasteiger partial charge < -0.3 is 62.5 Å². The number of hydrogen-bond acceptors (Lipinski definition) is 24. The van der Waals surface area contributed by atoms with Crippen molar-refractivity contribution in [3.63, 3.8) is 0 Å². The third-order valence-corrected chi connectivity index (χ3v) is 17.4. The Hall–Kier alpha value is -8.92. The van der Waals surface area contributed by atoms with E-state index in [-0.39, 0.29) is 54.6 Å². The Balaban J connectivity index is 0.000000230. The normalized spacial score (nSPS) is 12.8. The summed E-state index contributed by atoms with van der Waals surface area (Å²) < 4.78 is 30.8. The van der Waals surface area contributed by atoms with E-state index in [9.17, 15) is 33.6 Å². The number of ether oxygens (including phenoxy) is 6. The first-order chi connectivity index (χ1) is 53.0. The van der Waals surface area contributed by atoms with E-state index < -0.39 is 0 Å². The van der Waals surface area contributed by atoms with Gasteiger partial charge in [0.1, 0.15) is 28.7 Å². The monoisotopic (exact) mass is 1570 g/mol. The highest BCUT2D eigenvalue weighted by molar-refractivity contribution is 7.80. The first-order valence-corrected chi connectivity index (χ1v) is 38.7. The van der Waals surface area contributed by atoms with Crippen molar-refractivity contribution in [1.29, 1.82) is 0 Å². The Morgan fingerprint density at radius 2 is 0.624 bits per heavy atom. The first-order valence-electron chi connectivity index (χ1n) is 37.5. The van der Waals surface area contributed by atoms with Crippen LogP contribution in [0.1, 0.15) is 164 Å². The van der Waals surface area contributed by atoms with E-state index in [4.69, 9.17) is 84.4 Å². The van der Waals surface area contributed by atoms with Gasteiger partial charge in [0.15, 0.2) is 0 Å². The van der Waals surface area contributed by atoms with Crippen molar-refractivity contribution in [3.05, 3.63) is 122 Å². The van der Waals surface area contributed by atoms with Gasteiger partial charge in [0.25, 0.3) is 5.91 Å². The molecule has 0 unspecified atom stereocenters. The largest absolute Gasteiger partial charge is 0.382 e. The molecule has 594 valence electrons. The quantitative estimate of drug-likeness (QED) is 0.0267. The summed E-state index contributed by atoms with van der Waals surface area (Å²) >= 11 is 15.1. The molecule has 0 saturated carbocycles. The molecule has 31 heteroatoms. The molecule has 0 spiro atoms. The molecule has 11 rings (SSSR count). The smallest absolute Gasteiger partial charge is 0.337 e. The van der Waals surface area contributed by atoms with Gasteiger partial charge in [-0.25, -0.2) is 19.2 Å². The second-order valence-electron chi connectivity index (χ2n) is 24.1. The molecule has 3 fully saturated rings. The van der Waals surface area contributed by atoms with Gasteiger partial charge in [-0.3, -0.25) is 14.4 Å². The molecule has 4 aromatic carbocycles. The summed E-state index contributed by atoms with van der Waals surface area (Å²) in [5.74, 6) is -0.908. The summed E-state index contributed by atoms with van der Waals surface area (Å²) in [6.45, 7) is 22.8. The van der Waals surface area contributed by atoms with Crippen molar-refractivity contribution in [2.45, 2.75) is 164 Å². The average molecular weight is 1570 g/mol. The summed E-state index contributed by atoms with van der Waals surface area (Å²) in [5.41, 5.74) is 3.16. The van der Waals surface area contributed by atoms with Gasteiger partial charge in [-0.05, 0) is 117 Å². The van der Waals surface area contributed by atoms with Crippen LogP contribution in [0.25, 0.3) is 43.6 Å². The van der Waals surface area contributed by atoms with Crippen LogP contribution in [0.3, 0.4) is 0 Å². The van der Waals surface area contributed by atoms with Crippen LogP contribution in [0.5, 0.6) is 0 Å². The number of nitrogens with zero attached hydrogens (tertiary/aromatic N) is 11. The predicted molar refractivity (Wildman–Crippen MR) is 426 cm³/mol. The highest BCUT2D eigenvalue weighted by atomic mass is 32.1. The van der Waals surface area contributed by atoms with Crippen molar-refractivity contribution in [3.8, 4) is 0 Å². The summed E-state index contributed by atoms with van der Waals surface area (Å²) in [7, 11) is 0. The number of hydrogen-bond donors (Lipinski definition) is 0. The zero-order valence-electron chi connectivity index (χ0n) is 64.0. The number of fused-ring (bicyclic) bond motifs is 4. The van der Waals surface area contributed by atoms with Crippen molar-refractivity contribution in [2.75, 3.05) is 98.9 Å². The molecule has 0 atom stereocenters. The molecule has 4 aromatic heterocycles. The molecule has 0 radical (unpaired) electrons. The minimum Gasteiger partial charge on any atom is -0.382 e. The van der Waals surface area contributed by atoms with Crippen LogP contribution in [0.15, 0.2) is 122 Å². The zero-order valence-corrected chi connectivity index (χ0v) is 66.4. The molecule has 109 heavy (non-hydrogen) atoms. The first kappa shape index (κ1) is 90.7. The van der Waals surface area contributed by atoms with Crippen molar-refractivity contribution >= 4 is 137 Å². The minimum absolute atomic E-state index is 0.000602. The number of aromatic nitrogens is 8. The van der Waals surface area contributed by atoms with Gasteiger partial charge in [0, 0.05) is 139 Å². The lowest BCUT2D eigenvalue weighted by Gasteiger charge is -2.15. The highest BCUT2D eigenvalue weighted by Crippen LogP contribution is 2.18. The van der Waals surface area contributed by atoms with Crippen LogP contribution in [0.4, 0.5) is 0 Å². The van der Waals surface area contributed by atoms with Crippen LogP contribution >= 0.6 is 36.7 Å². The maximum absolute atomic E-state index is 11.7. The van der Waals surface area contributed by atoms with Gasteiger partial charge in [-0.2, -0.15) is 0 Å². The lowest BCUT2D eigenvalue weighted by Crippen LogP contribution is -2.33. The molecular formula is C78H107N11O17S3. The summed E-state index contributed by atoms with van der Waals surface area (Å²) in [5, 5.41) is 19.9. The van der Waals surface area contributed by atoms with Crippen LogP contribution in [-0.2, 0) is 62.0 Å². The topological polar surface area (TPSA) is 293 Å². The lowest BCUT2D eigenvalue weighted by molar-refractivity contribution is -0.147. The van der Waals surface area contributed by atoms with E-state index in [2.05, 4.69) is 20.4 Å². The van der Waals surface area contributed by atoms with Crippen LogP contribution < -0.4 is 19.4 Å². The number of carbonyl (C=O) groups is 7. The van der Waals surface area contributed by atoms with Crippen LogP contribution in [-0.4, -0.2) is 210 Å². The van der Waals surface area contributed by atoms with Gasteiger partial charge in [0.2, 0.25) is 11.8 Å². The molecule has 3 saturated heterocycles. The Kier molecular flexibility index (Phi) is 44.8. The maximum atomic E-state index is 11.7. The van der Waals surface area contributed by atoms with Gasteiger partial charge >= 0.3 is 23.9 Å². The summed E-state index contributed by atoms with van der Waals surface area (Å²) in [4.78, 5) is 114. The molecule has 7 heterocycles. The van der Waals surface area contributed by atoms with Gasteiger partial charge in [-0.15, -0.1) is 20.4 Å². The van der Waals surface area contributed by atoms with Crippen molar-refractivity contribution in [2.24, 2.45) is 0 Å². The minimum atomic E-state index is -0.354. The molecule has 3 aliphatic rings. The number of para-hydroxylation sites is 4. The SMILES string of the molecule is CCC(=O)N1CCCC1=S.CCOCC(=O)N1CCCC1=S.CCOCCC(=O)N1CCCC1=S.CCOCCC(=O)On1ncc2ccccc21.CCOCCCC(=O)On1ncc2ccccc21.CCOCCCCC(=O)On1ncc2ccccc21.CCOCCCCCC(=O)On1ncc2ccccc21. The predicted octanol–water partition coefficient (Wildman–Crippen LogP) is 11.7. The standard InChI is InChI=1S/C15H20N2O3.C14H18N2O3.C13H16N2O3.C12H14N2O3.C9H15NO2S.C8H13NO2S.C7H11NOS/c1-2-19-11-7-3-4-10-15(18)20-17-14-9-6-5-8-13(14)12-16-17;1-2-18-10-6-5-9-14(17)19-16-13-8-4-3-7-12(13)11-15-16;1-2-17-9-5-8-13(16)18-15-12-7-4-3-6-11(12)10-14-15;1-2-16-8-7-12(15)17-14-11-6-4-3-5-10(11)9-13-14;1-2-12-7-5-8(11)10-6-3-4-9(10)13;1-2-11-6-7(10)9-5-3-4-8(9)12;1-2-6(9)8-5-3-4-7(8)10/h5-6,8-9,12H,2-4,7,10-11H2,1H3;3-4,7-8,11H,2,5-6,9-10H2,1H3;3-4,6-7,10H,2,5,8-9H2,1H3;3-6,9H,2,7-8H2,1H3;2-7H2,1H3;2-6H2,1H3;2-5H2,1H3. The summed E-state index contributed by atoms with van der Waals surface area (Å²) in [6.07, 6.45) is 19.8. The van der Waals surface area contributed by atoms with Gasteiger partial charge in [-0.1, -0.05) is 142 Å². The number of unbranched alkanes of at least 4 members (excludes halogenated alkanes) is 3. The Morgan fingerprint density at radius 3 is 0.972 bits per heavy atom. The number of rotatable bonds is 34. The van der Waals surface area contributed by atoms with E-state index in [0.29, 0.717) is 98.0 Å².